The minimum absolute atomic E-state index is 0. The molecule has 0 aliphatic carbocycles. The van der Waals surface area contributed by atoms with Crippen molar-refractivity contribution >= 4 is 0 Å². The Bertz CT molecular complexity index is 1380. The highest BCUT2D eigenvalue weighted by Gasteiger charge is 2.29. The van der Waals surface area contributed by atoms with Crippen molar-refractivity contribution in [3.05, 3.63) is 0 Å². The van der Waals surface area contributed by atoms with E-state index < -0.39 is 0 Å². The normalized spacial score (nSPS) is 22.5. The molecular formula is C80H180N10. The van der Waals surface area contributed by atoms with Crippen LogP contribution in [0.4, 0.5) is 0 Å². The molecule has 8 saturated heterocycles. The maximum Gasteiger partial charge on any atom is 0.0126 e. The number of likely N-dealkylation sites (N-methyl/N-ethyl adjacent to an activating group) is 2. The lowest BCUT2D eigenvalue weighted by Crippen LogP contribution is -2.52. The number of nitrogens with zero attached hydrogens (tertiary/aromatic N) is 10. The first-order chi connectivity index (χ1) is 40.5. The number of hydrogen-bond acceptors (Lipinski definition) is 10. The minimum atomic E-state index is 0. The fraction of sp³-hybridized carbons (Fsp3) is 1.00. The van der Waals surface area contributed by atoms with Gasteiger partial charge < -0.3 is 19.6 Å². The van der Waals surface area contributed by atoms with Gasteiger partial charge in [0, 0.05) is 91.6 Å². The van der Waals surface area contributed by atoms with Crippen molar-refractivity contribution < 1.29 is 0 Å². The third-order valence-corrected chi connectivity index (χ3v) is 19.4. The van der Waals surface area contributed by atoms with Crippen molar-refractivity contribution in [2.75, 3.05) is 145 Å². The smallest absolute Gasteiger partial charge is 0.0126 e. The van der Waals surface area contributed by atoms with E-state index in [-0.39, 0.29) is 22.3 Å². The second-order valence-corrected chi connectivity index (χ2v) is 33.1. The van der Waals surface area contributed by atoms with Crippen molar-refractivity contribution in [3.8, 4) is 0 Å². The molecule has 0 amide bonds. The van der Waals surface area contributed by atoms with Gasteiger partial charge in [0.05, 0.1) is 0 Å². The van der Waals surface area contributed by atoms with Crippen LogP contribution in [-0.2, 0) is 0 Å². The van der Waals surface area contributed by atoms with Crippen LogP contribution in [0.2, 0.25) is 0 Å². The molecule has 0 aromatic carbocycles. The monoisotopic (exact) mass is 1280 g/mol. The summed E-state index contributed by atoms with van der Waals surface area (Å²) in [5, 5.41) is 0. The molecule has 0 N–H and O–H groups in total. The first kappa shape index (κ1) is 98.3. The topological polar surface area (TPSA) is 32.4 Å². The Morgan fingerprint density at radius 2 is 0.467 bits per heavy atom. The van der Waals surface area contributed by atoms with Gasteiger partial charge in [-0.05, 0) is 333 Å². The molecule has 0 saturated carbocycles. The fourth-order valence-corrected chi connectivity index (χ4v) is 12.6. The van der Waals surface area contributed by atoms with Gasteiger partial charge in [-0.25, -0.2) is 0 Å². The van der Waals surface area contributed by atoms with Gasteiger partial charge in [-0.2, -0.15) is 0 Å². The van der Waals surface area contributed by atoms with Gasteiger partial charge in [0.25, 0.3) is 0 Å². The first-order valence-electron chi connectivity index (χ1n) is 37.9. The summed E-state index contributed by atoms with van der Waals surface area (Å²) in [5.41, 5.74) is 1.95. The van der Waals surface area contributed by atoms with Gasteiger partial charge in [0.2, 0.25) is 0 Å². The molecule has 0 spiro atoms. The highest BCUT2D eigenvalue weighted by Crippen LogP contribution is 2.25. The standard InChI is InChI=1S/C10H21N.2C9H20N2.5C9H19N.2C2H6.3CH4/c1-9-5-7-11(8-6-9)10(2,3)4;1-9(2,3)11-7-5-10(4)6-8-11;1-9(2)11-6-4-5-10(3)7-8-11;1-8-5-6-10(7-8)9(2,3)4;2*1-9(2,3)10-7-5-4-6-8-10;2*1-9(2)10-7-5-3-4-6-8-10;2*1-2;;;/h9H,5-8H2,1-4H3;5-8H2,1-4H3;9H,4-8H2,1-3H3;8H,5-7H2,1-4H3;2*4-8H2,1-3H3;2*9H,3-8H2,1-2H3;2*1-2H3;3*1H4. The molecule has 0 aromatic heterocycles. The maximum atomic E-state index is 2.59. The van der Waals surface area contributed by atoms with Crippen LogP contribution in [0.5, 0.6) is 0 Å². The van der Waals surface area contributed by atoms with Crippen molar-refractivity contribution in [3.63, 3.8) is 0 Å². The van der Waals surface area contributed by atoms with E-state index >= 15 is 0 Å². The van der Waals surface area contributed by atoms with E-state index in [9.17, 15) is 0 Å². The molecule has 10 heteroatoms. The highest BCUT2D eigenvalue weighted by molar-refractivity contribution is 4.85. The summed E-state index contributed by atoms with van der Waals surface area (Å²) in [6, 6.07) is 2.25. The number of likely N-dealkylation sites (tertiary alicyclic amines) is 6. The largest absolute Gasteiger partial charge is 0.305 e. The second-order valence-electron chi connectivity index (χ2n) is 33.1. The van der Waals surface area contributed by atoms with Crippen molar-refractivity contribution in [2.45, 2.75) is 371 Å². The number of piperazine rings is 1. The van der Waals surface area contributed by atoms with Crippen LogP contribution in [0.3, 0.4) is 0 Å². The van der Waals surface area contributed by atoms with Crippen LogP contribution in [-0.4, -0.2) is 240 Å². The molecular weight excluding hydrogens is 1100 g/mol. The van der Waals surface area contributed by atoms with E-state index in [0.29, 0.717) is 27.7 Å². The van der Waals surface area contributed by atoms with Crippen LogP contribution < -0.4 is 0 Å². The van der Waals surface area contributed by atoms with Crippen LogP contribution in [0.1, 0.15) is 325 Å². The van der Waals surface area contributed by atoms with Crippen LogP contribution in [0.25, 0.3) is 0 Å². The molecule has 8 rings (SSSR count). The van der Waals surface area contributed by atoms with Crippen molar-refractivity contribution in [1.82, 2.24) is 49.0 Å². The van der Waals surface area contributed by atoms with Gasteiger partial charge >= 0.3 is 0 Å². The average Bonchev–Trinajstić information content (AvgIpc) is 2.88. The van der Waals surface area contributed by atoms with E-state index in [0.717, 1.165) is 30.0 Å². The lowest BCUT2D eigenvalue weighted by molar-refractivity contribution is 0.0735. The molecule has 550 valence electrons. The highest BCUT2D eigenvalue weighted by atomic mass is 15.3. The van der Waals surface area contributed by atoms with Gasteiger partial charge in [-0.15, -0.1) is 0 Å². The Hall–Kier alpha value is -0.400. The van der Waals surface area contributed by atoms with Gasteiger partial charge in [-0.3, -0.25) is 29.4 Å². The average molecular weight is 1280 g/mol. The number of piperidine rings is 3. The summed E-state index contributed by atoms with van der Waals surface area (Å²) < 4.78 is 0. The zero-order valence-electron chi connectivity index (χ0n) is 65.7. The van der Waals surface area contributed by atoms with E-state index in [1.165, 1.54) is 246 Å². The Labute approximate surface area is 573 Å². The molecule has 8 aliphatic rings. The Morgan fingerprint density at radius 1 is 0.244 bits per heavy atom. The second kappa shape index (κ2) is 53.6. The Balaban J connectivity index is -0.000000302. The van der Waals surface area contributed by atoms with E-state index in [4.69, 9.17) is 0 Å². The molecule has 0 radical (unpaired) electrons. The van der Waals surface area contributed by atoms with Crippen LogP contribution >= 0.6 is 0 Å². The fourth-order valence-electron chi connectivity index (χ4n) is 12.6. The van der Waals surface area contributed by atoms with Crippen molar-refractivity contribution in [2.24, 2.45) is 11.8 Å². The predicted molar refractivity (Wildman–Crippen MR) is 416 cm³/mol. The summed E-state index contributed by atoms with van der Waals surface area (Å²) in [6.07, 6.45) is 25.4. The summed E-state index contributed by atoms with van der Waals surface area (Å²) in [6.45, 7) is 86.6. The van der Waals surface area contributed by atoms with Gasteiger partial charge in [0.15, 0.2) is 0 Å². The third kappa shape index (κ3) is 49.2. The molecule has 8 aliphatic heterocycles. The zero-order chi connectivity index (χ0) is 67.0. The molecule has 0 bridgehead atoms. The van der Waals surface area contributed by atoms with E-state index in [1.54, 1.807) is 0 Å². The molecule has 1 atom stereocenters. The minimum Gasteiger partial charge on any atom is -0.305 e. The molecule has 1 unspecified atom stereocenters. The summed E-state index contributed by atoms with van der Waals surface area (Å²) in [5.74, 6) is 1.87. The summed E-state index contributed by atoms with van der Waals surface area (Å²) in [4.78, 5) is 25.4. The predicted octanol–water partition coefficient (Wildman–Crippen LogP) is 19.8. The number of hydrogen-bond donors (Lipinski definition) is 0. The van der Waals surface area contributed by atoms with Crippen LogP contribution in [0.15, 0.2) is 0 Å². The van der Waals surface area contributed by atoms with Crippen molar-refractivity contribution in [1.29, 1.82) is 0 Å². The molecule has 0 aromatic rings. The Kier molecular flexibility index (Phi) is 58.6. The molecule has 90 heavy (non-hydrogen) atoms. The van der Waals surface area contributed by atoms with Gasteiger partial charge in [-0.1, -0.05) is 102 Å². The SMILES string of the molecule is C.C.C.CC.CC.CC(C)(C)N1CCCCC1.CC(C)(C)N1CCCCC1.CC(C)N1CCCCCC1.CC(C)N1CCCCCC1.CC(C)N1CCCN(C)CC1.CC1CCN(C(C)(C)C)C1.CC1CCN(C(C)(C)C)CC1.CN1CCN(C(C)(C)C)CC1. The molecule has 8 fully saturated rings. The van der Waals surface area contributed by atoms with Crippen LogP contribution in [0, 0.1) is 11.8 Å². The molecule has 10 nitrogen and oxygen atoms in total. The quantitative estimate of drug-likeness (QED) is 0.273. The zero-order valence-corrected chi connectivity index (χ0v) is 65.7. The third-order valence-electron chi connectivity index (χ3n) is 19.4. The molecule has 8 heterocycles. The van der Waals surface area contributed by atoms with Gasteiger partial charge in [0.1, 0.15) is 0 Å². The lowest BCUT2D eigenvalue weighted by Gasteiger charge is -2.41. The lowest BCUT2D eigenvalue weighted by atomic mass is 9.95. The summed E-state index contributed by atoms with van der Waals surface area (Å²) >= 11 is 0. The first-order valence-corrected chi connectivity index (χ1v) is 37.9. The Morgan fingerprint density at radius 3 is 0.733 bits per heavy atom. The van der Waals surface area contributed by atoms with E-state index in [1.807, 2.05) is 27.7 Å². The number of rotatable bonds is 3. The maximum absolute atomic E-state index is 2.59. The summed E-state index contributed by atoms with van der Waals surface area (Å²) in [7, 11) is 4.41. The van der Waals surface area contributed by atoms with E-state index in [2.05, 4.69) is 222 Å².